The maximum absolute atomic E-state index is 12.4. The van der Waals surface area contributed by atoms with Crippen molar-refractivity contribution in [2.75, 3.05) is 5.75 Å². The molecule has 0 aromatic heterocycles. The summed E-state index contributed by atoms with van der Waals surface area (Å²) < 4.78 is 12.4. The molecule has 0 aromatic rings. The first kappa shape index (κ1) is 17.2. The predicted molar refractivity (Wildman–Crippen MR) is 92.0 cm³/mol. The van der Waals surface area contributed by atoms with Crippen molar-refractivity contribution in [1.82, 2.24) is 0 Å². The molecule has 0 aliphatic carbocycles. The maximum Gasteiger partial charge on any atom is 0.364 e. The van der Waals surface area contributed by atoms with Crippen molar-refractivity contribution in [3.8, 4) is 0 Å². The zero-order valence-corrected chi connectivity index (χ0v) is 14.3. The molecular weight excluding hydrogens is 250 g/mol. The van der Waals surface area contributed by atoms with Crippen molar-refractivity contribution in [3.05, 3.63) is 11.1 Å². The molecule has 1 heterocycles. The minimum Gasteiger partial charge on any atom is -0.635 e. The first-order valence-electron chi connectivity index (χ1n) is 8.10. The van der Waals surface area contributed by atoms with Crippen molar-refractivity contribution in [2.45, 2.75) is 72.0 Å². The smallest absolute Gasteiger partial charge is 0.364 e. The van der Waals surface area contributed by atoms with Crippen LogP contribution >= 0.6 is 0 Å². The first-order valence-corrected chi connectivity index (χ1v) is 9.49. The van der Waals surface area contributed by atoms with Crippen molar-refractivity contribution in [1.29, 1.82) is 0 Å². The normalized spacial score (nSPS) is 24.4. The Bertz CT molecular complexity index is 305. The van der Waals surface area contributed by atoms with E-state index in [2.05, 4.69) is 35.4 Å². The highest BCUT2D eigenvalue weighted by Crippen LogP contribution is 2.41. The van der Waals surface area contributed by atoms with E-state index >= 15 is 0 Å². The molecule has 19 heavy (non-hydrogen) atoms. The molecule has 0 bridgehead atoms. The standard InChI is InChI=1S/C15H30B2OS/c1-5-7-9-13-11-19(18)17(16)15(12(3)4)14(13)10-8-6-2/h12,15H,5-11,16H2,1-4H3. The lowest BCUT2D eigenvalue weighted by atomic mass is 9.40. The summed E-state index contributed by atoms with van der Waals surface area (Å²) in [6.07, 6.45) is 7.44. The molecule has 0 amide bonds. The van der Waals surface area contributed by atoms with Gasteiger partial charge in [0.1, 0.15) is 13.5 Å². The van der Waals surface area contributed by atoms with Crippen LogP contribution in [0.4, 0.5) is 0 Å². The van der Waals surface area contributed by atoms with E-state index in [-0.39, 0.29) is 0 Å². The quantitative estimate of drug-likeness (QED) is 0.397. The summed E-state index contributed by atoms with van der Waals surface area (Å²) in [5.74, 6) is 2.36. The average molecular weight is 280 g/mol. The second-order valence-electron chi connectivity index (χ2n) is 6.34. The van der Waals surface area contributed by atoms with Gasteiger partial charge in [-0.05, 0) is 37.2 Å². The van der Waals surface area contributed by atoms with E-state index in [0.717, 1.165) is 5.75 Å². The molecule has 0 aromatic carbocycles. The zero-order chi connectivity index (χ0) is 14.4. The predicted octanol–water partition coefficient (Wildman–Crippen LogP) is 3.57. The lowest BCUT2D eigenvalue weighted by molar-refractivity contribution is 0.578. The van der Waals surface area contributed by atoms with E-state index in [1.165, 1.54) is 38.5 Å². The minimum absolute atomic E-state index is 0.345. The summed E-state index contributed by atoms with van der Waals surface area (Å²) in [6.45, 7) is 9.11. The summed E-state index contributed by atoms with van der Waals surface area (Å²) in [4.78, 5) is 0. The molecule has 1 aliphatic rings. The van der Waals surface area contributed by atoms with E-state index < -0.39 is 11.0 Å². The van der Waals surface area contributed by atoms with Crippen molar-refractivity contribution in [2.24, 2.45) is 5.92 Å². The molecule has 0 spiro atoms. The van der Waals surface area contributed by atoms with E-state index in [1.54, 1.807) is 11.1 Å². The van der Waals surface area contributed by atoms with Crippen LogP contribution in [0.15, 0.2) is 11.1 Å². The van der Waals surface area contributed by atoms with Gasteiger partial charge in [0.2, 0.25) is 0 Å². The minimum atomic E-state index is -0.653. The lowest BCUT2D eigenvalue weighted by Gasteiger charge is -2.36. The molecular formula is C15H30B2OS. The van der Waals surface area contributed by atoms with Crippen LogP contribution in [-0.2, 0) is 11.0 Å². The molecule has 0 N–H and O–H groups in total. The maximum atomic E-state index is 12.4. The number of hydrogen-bond donors (Lipinski definition) is 0. The first-order chi connectivity index (χ1) is 9.02. The molecule has 2 unspecified atom stereocenters. The molecule has 2 atom stereocenters. The fourth-order valence-electron chi connectivity index (χ4n) is 3.36. The third-order valence-electron chi connectivity index (χ3n) is 4.44. The van der Waals surface area contributed by atoms with Crippen molar-refractivity contribution in [3.63, 3.8) is 0 Å². The van der Waals surface area contributed by atoms with Crippen LogP contribution in [0, 0.1) is 5.92 Å². The van der Waals surface area contributed by atoms with Gasteiger partial charge in [0.05, 0.1) is 0 Å². The van der Waals surface area contributed by atoms with Crippen LogP contribution in [0.5, 0.6) is 0 Å². The van der Waals surface area contributed by atoms with Crippen LogP contribution < -0.4 is 0 Å². The highest BCUT2D eigenvalue weighted by atomic mass is 32.2. The Kier molecular flexibility index (Phi) is 7.68. The van der Waals surface area contributed by atoms with Crippen molar-refractivity contribution >= 4 is 24.6 Å². The largest absolute Gasteiger partial charge is 0.635 e. The highest BCUT2D eigenvalue weighted by Gasteiger charge is 2.42. The van der Waals surface area contributed by atoms with Gasteiger partial charge >= 0.3 is 5.88 Å². The summed E-state index contributed by atoms with van der Waals surface area (Å²) in [6, 6.07) is 0. The highest BCUT2D eigenvalue weighted by molar-refractivity contribution is 8.23. The summed E-state index contributed by atoms with van der Waals surface area (Å²) in [5, 5.41) is 0. The molecule has 0 radical (unpaired) electrons. The second kappa shape index (κ2) is 8.46. The van der Waals surface area contributed by atoms with Gasteiger partial charge in [-0.15, -0.1) is 11.0 Å². The molecule has 4 heteroatoms. The van der Waals surface area contributed by atoms with Crippen LogP contribution in [0.25, 0.3) is 0 Å². The fraction of sp³-hybridized carbons (Fsp3) is 0.867. The molecule has 1 nitrogen and oxygen atoms in total. The Balaban J connectivity index is 2.99. The topological polar surface area (TPSA) is 23.1 Å². The van der Waals surface area contributed by atoms with Gasteiger partial charge in [0, 0.05) is 5.82 Å². The van der Waals surface area contributed by atoms with Gasteiger partial charge in [0.25, 0.3) is 0 Å². The third-order valence-corrected chi connectivity index (χ3v) is 6.20. The Hall–Kier alpha value is 0.180. The summed E-state index contributed by atoms with van der Waals surface area (Å²) in [5.41, 5.74) is 3.22. The number of hydrogen-bond acceptors (Lipinski definition) is 1. The molecule has 1 aliphatic heterocycles. The van der Waals surface area contributed by atoms with E-state index in [1.807, 2.05) is 0 Å². The molecule has 1 rings (SSSR count). The van der Waals surface area contributed by atoms with Gasteiger partial charge in [-0.25, -0.2) is 0 Å². The van der Waals surface area contributed by atoms with Gasteiger partial charge < -0.3 is 4.55 Å². The Labute approximate surface area is 124 Å². The monoisotopic (exact) mass is 280 g/mol. The number of allylic oxidation sites excluding steroid dienone is 1. The third kappa shape index (κ3) is 4.60. The fourth-order valence-corrected chi connectivity index (χ4v) is 5.10. The SMILES string of the molecule is BB1C(C(C)C)C(CCCC)=C(CCCC)C[S+]1[O-]. The van der Waals surface area contributed by atoms with Gasteiger partial charge in [-0.1, -0.05) is 46.1 Å². The molecule has 0 saturated heterocycles. The number of rotatable bonds is 7. The molecule has 0 fully saturated rings. The summed E-state index contributed by atoms with van der Waals surface area (Å²) in [7, 11) is 2.20. The van der Waals surface area contributed by atoms with Crippen LogP contribution in [0.3, 0.4) is 0 Å². The Morgan fingerprint density at radius 1 is 1.26 bits per heavy atom. The van der Waals surface area contributed by atoms with Crippen LogP contribution in [0.1, 0.15) is 66.2 Å². The van der Waals surface area contributed by atoms with Gasteiger partial charge in [-0.2, -0.15) is 0 Å². The van der Waals surface area contributed by atoms with E-state index in [0.29, 0.717) is 17.6 Å². The van der Waals surface area contributed by atoms with E-state index in [9.17, 15) is 4.55 Å². The Morgan fingerprint density at radius 3 is 2.37 bits per heavy atom. The van der Waals surface area contributed by atoms with Gasteiger partial charge in [0.15, 0.2) is 0 Å². The second-order valence-corrected chi connectivity index (χ2v) is 8.13. The zero-order valence-electron chi connectivity index (χ0n) is 13.5. The lowest BCUT2D eigenvalue weighted by Crippen LogP contribution is -2.42. The average Bonchev–Trinajstić information content (AvgIpc) is 2.37. The van der Waals surface area contributed by atoms with Crippen LogP contribution in [-0.4, -0.2) is 23.9 Å². The van der Waals surface area contributed by atoms with E-state index in [4.69, 9.17) is 0 Å². The van der Waals surface area contributed by atoms with Gasteiger partial charge in [-0.3, -0.25) is 0 Å². The molecule has 0 saturated carbocycles. The molecule has 108 valence electrons. The summed E-state index contributed by atoms with van der Waals surface area (Å²) >= 11 is -0.653. The van der Waals surface area contributed by atoms with Crippen LogP contribution in [0.2, 0.25) is 5.82 Å². The number of unbranched alkanes of at least 4 members (excludes halogenated alkanes) is 2. The van der Waals surface area contributed by atoms with Crippen molar-refractivity contribution < 1.29 is 4.55 Å². The Morgan fingerprint density at radius 2 is 1.84 bits per heavy atom.